The molecule has 18 nitrogen and oxygen atoms in total. The van der Waals surface area contributed by atoms with E-state index in [1.807, 2.05) is 0 Å². The number of unbranched alkanes of at least 4 members (excludes halogenated alkanes) is 2. The Labute approximate surface area is 306 Å². The van der Waals surface area contributed by atoms with E-state index in [0.717, 1.165) is 0 Å². The standard InChI is InChI=1S/C35H50N8O10/c1-50-23-17-19(6-11-25(45)40-12-2-4-14-42-34(36)37)16-22-26(32(49)41-13-3-5-15-43-35(38)39)30(53-31(22)23)20-7-9-21(10-8-20)51-33-29(48)28(47)27(46)24(18-44)52-33/h6-11,16-17,24,26-30,33,44,46-48H,2-5,12-15,18H2,1H3,(H,40,45)(H,41,49)(H4,36,37,42)(H4,38,39,43)/b11-6+/t24-,26-,27-,28+,29-,30+,33-/m1/s1. The van der Waals surface area contributed by atoms with Gasteiger partial charge in [0.2, 0.25) is 18.1 Å². The third-order valence-electron chi connectivity index (χ3n) is 8.58. The van der Waals surface area contributed by atoms with Gasteiger partial charge in [0.15, 0.2) is 23.4 Å². The average Bonchev–Trinajstić information content (AvgIpc) is 3.53. The Bertz CT molecular complexity index is 1610. The van der Waals surface area contributed by atoms with Crippen LogP contribution in [0.5, 0.6) is 17.2 Å². The van der Waals surface area contributed by atoms with Crippen molar-refractivity contribution in [2.75, 3.05) is 39.9 Å². The number of aliphatic imine (C=N–C) groups is 2. The number of ether oxygens (including phenoxy) is 4. The lowest BCUT2D eigenvalue weighted by atomic mass is 9.89. The average molecular weight is 743 g/mol. The maximum absolute atomic E-state index is 13.9. The van der Waals surface area contributed by atoms with Gasteiger partial charge in [-0.1, -0.05) is 12.1 Å². The van der Waals surface area contributed by atoms with Crippen molar-refractivity contribution >= 4 is 29.8 Å². The van der Waals surface area contributed by atoms with E-state index in [1.165, 1.54) is 13.2 Å². The number of aliphatic hydroxyl groups excluding tert-OH is 4. The number of carbonyl (C=O) groups is 2. The van der Waals surface area contributed by atoms with Crippen LogP contribution in [0.4, 0.5) is 0 Å². The summed E-state index contributed by atoms with van der Waals surface area (Å²) in [4.78, 5) is 34.3. The van der Waals surface area contributed by atoms with Crippen LogP contribution in [0.1, 0.15) is 54.4 Å². The van der Waals surface area contributed by atoms with E-state index in [9.17, 15) is 30.0 Å². The van der Waals surface area contributed by atoms with Gasteiger partial charge in [-0.15, -0.1) is 0 Å². The lowest BCUT2D eigenvalue weighted by molar-refractivity contribution is -0.277. The number of amides is 2. The number of hydrogen-bond acceptors (Lipinski definition) is 12. The van der Waals surface area contributed by atoms with Crippen LogP contribution >= 0.6 is 0 Å². The molecule has 0 aromatic heterocycles. The van der Waals surface area contributed by atoms with Crippen LogP contribution in [0.3, 0.4) is 0 Å². The van der Waals surface area contributed by atoms with Crippen molar-refractivity contribution in [3.05, 3.63) is 59.2 Å². The third kappa shape index (κ3) is 11.2. The molecule has 2 aliphatic rings. The Balaban J connectivity index is 1.53. The molecule has 1 fully saturated rings. The zero-order valence-corrected chi connectivity index (χ0v) is 29.5. The molecule has 14 N–H and O–H groups in total. The number of aliphatic hydroxyl groups is 4. The van der Waals surface area contributed by atoms with Gasteiger partial charge in [0.1, 0.15) is 42.2 Å². The van der Waals surface area contributed by atoms with Crippen LogP contribution in [-0.2, 0) is 14.3 Å². The van der Waals surface area contributed by atoms with E-state index >= 15 is 0 Å². The first-order valence-electron chi connectivity index (χ1n) is 17.2. The van der Waals surface area contributed by atoms with Gasteiger partial charge in [0, 0.05) is 37.8 Å². The van der Waals surface area contributed by atoms with Crippen LogP contribution in [0.15, 0.2) is 52.5 Å². The Hall–Kier alpha value is -5.14. The summed E-state index contributed by atoms with van der Waals surface area (Å²) in [6, 6.07) is 9.99. The van der Waals surface area contributed by atoms with E-state index < -0.39 is 49.3 Å². The molecule has 2 amide bonds. The third-order valence-corrected chi connectivity index (χ3v) is 8.58. The molecule has 18 heteroatoms. The molecule has 2 aromatic carbocycles. The fourth-order valence-corrected chi connectivity index (χ4v) is 5.84. The highest BCUT2D eigenvalue weighted by molar-refractivity contribution is 5.92. The van der Waals surface area contributed by atoms with Gasteiger partial charge < -0.3 is 72.9 Å². The van der Waals surface area contributed by atoms with Crippen LogP contribution in [-0.4, -0.2) is 115 Å². The van der Waals surface area contributed by atoms with Gasteiger partial charge in [-0.2, -0.15) is 0 Å². The van der Waals surface area contributed by atoms with Crippen molar-refractivity contribution in [1.82, 2.24) is 10.6 Å². The van der Waals surface area contributed by atoms with Gasteiger partial charge in [-0.25, -0.2) is 0 Å². The Kier molecular flexibility index (Phi) is 15.0. The first-order valence-corrected chi connectivity index (χ1v) is 17.2. The number of hydrogen-bond donors (Lipinski definition) is 10. The molecule has 0 radical (unpaired) electrons. The lowest BCUT2D eigenvalue weighted by Crippen LogP contribution is -2.60. The van der Waals surface area contributed by atoms with E-state index in [0.29, 0.717) is 80.1 Å². The molecule has 4 rings (SSSR count). The second-order valence-corrected chi connectivity index (χ2v) is 12.5. The number of methoxy groups -OCH3 is 1. The molecule has 290 valence electrons. The molecular formula is C35H50N8O10. The fraction of sp³-hybridized carbons (Fsp3) is 0.486. The minimum atomic E-state index is -1.60. The van der Waals surface area contributed by atoms with Crippen molar-refractivity contribution in [3.8, 4) is 17.2 Å². The first-order chi connectivity index (χ1) is 25.4. The van der Waals surface area contributed by atoms with Crippen molar-refractivity contribution in [2.24, 2.45) is 32.9 Å². The molecule has 7 atom stereocenters. The number of nitrogens with zero attached hydrogens (tertiary/aromatic N) is 2. The van der Waals surface area contributed by atoms with Crippen LogP contribution < -0.4 is 47.8 Å². The first kappa shape index (κ1) is 40.6. The second-order valence-electron chi connectivity index (χ2n) is 12.5. The minimum Gasteiger partial charge on any atom is -0.493 e. The monoisotopic (exact) mass is 742 g/mol. The zero-order chi connectivity index (χ0) is 38.5. The smallest absolute Gasteiger partial charge is 0.243 e. The van der Waals surface area contributed by atoms with Crippen molar-refractivity contribution in [2.45, 2.75) is 68.4 Å². The molecule has 2 aromatic rings. The van der Waals surface area contributed by atoms with Crippen molar-refractivity contribution in [1.29, 1.82) is 0 Å². The molecule has 2 heterocycles. The normalized spacial score (nSPS) is 23.4. The summed E-state index contributed by atoms with van der Waals surface area (Å²) in [5.41, 5.74) is 23.2. The largest absolute Gasteiger partial charge is 0.493 e. The molecule has 0 bridgehead atoms. The molecule has 1 saturated heterocycles. The van der Waals surface area contributed by atoms with E-state index in [1.54, 1.807) is 42.5 Å². The molecule has 2 aliphatic heterocycles. The molecule has 0 unspecified atom stereocenters. The molecule has 0 saturated carbocycles. The molecular weight excluding hydrogens is 692 g/mol. The summed E-state index contributed by atoms with van der Waals surface area (Å²) in [5.74, 6) is -0.446. The van der Waals surface area contributed by atoms with Crippen LogP contribution in [0, 0.1) is 0 Å². The Morgan fingerprint density at radius 2 is 1.53 bits per heavy atom. The maximum Gasteiger partial charge on any atom is 0.243 e. The van der Waals surface area contributed by atoms with Gasteiger partial charge in [0.05, 0.1) is 13.7 Å². The highest BCUT2D eigenvalue weighted by Gasteiger charge is 2.45. The Morgan fingerprint density at radius 3 is 2.13 bits per heavy atom. The number of nitrogens with two attached hydrogens (primary N) is 4. The molecule has 0 spiro atoms. The molecule has 0 aliphatic carbocycles. The summed E-state index contributed by atoms with van der Waals surface area (Å²) >= 11 is 0. The fourth-order valence-electron chi connectivity index (χ4n) is 5.84. The predicted molar refractivity (Wildman–Crippen MR) is 195 cm³/mol. The predicted octanol–water partition coefficient (Wildman–Crippen LogP) is -1.56. The summed E-state index contributed by atoms with van der Waals surface area (Å²) in [7, 11) is 1.48. The van der Waals surface area contributed by atoms with E-state index in [4.69, 9.17) is 41.9 Å². The van der Waals surface area contributed by atoms with Gasteiger partial charge in [-0.05, 0) is 67.2 Å². The van der Waals surface area contributed by atoms with Crippen molar-refractivity contribution in [3.63, 3.8) is 0 Å². The van der Waals surface area contributed by atoms with Gasteiger partial charge >= 0.3 is 0 Å². The van der Waals surface area contributed by atoms with Crippen LogP contribution in [0.25, 0.3) is 6.08 Å². The zero-order valence-electron chi connectivity index (χ0n) is 29.5. The summed E-state index contributed by atoms with van der Waals surface area (Å²) in [5, 5.41) is 45.9. The summed E-state index contributed by atoms with van der Waals surface area (Å²) < 4.78 is 23.3. The maximum atomic E-state index is 13.9. The summed E-state index contributed by atoms with van der Waals surface area (Å²) in [6.07, 6.45) is -2.34. The van der Waals surface area contributed by atoms with Gasteiger partial charge in [-0.3, -0.25) is 19.6 Å². The number of rotatable bonds is 18. The van der Waals surface area contributed by atoms with Crippen molar-refractivity contribution < 1.29 is 49.0 Å². The Morgan fingerprint density at radius 1 is 0.887 bits per heavy atom. The topological polar surface area (TPSA) is 305 Å². The SMILES string of the molecule is COc1cc(/C=C/C(=O)NCCCCN=C(N)N)cc2c1O[C@@H](c1ccc(O[C@@H]3O[C@H](CO)[C@@H](O)[C@H](O)[C@H]3O)cc1)[C@@H]2C(=O)NCCCCN=C(N)N. The lowest BCUT2D eigenvalue weighted by Gasteiger charge is -2.39. The second kappa shape index (κ2) is 19.6. The van der Waals surface area contributed by atoms with Crippen LogP contribution in [0.2, 0.25) is 0 Å². The number of benzene rings is 2. The van der Waals surface area contributed by atoms with Gasteiger partial charge in [0.25, 0.3) is 0 Å². The highest BCUT2D eigenvalue weighted by atomic mass is 16.7. The molecule has 53 heavy (non-hydrogen) atoms. The number of fused-ring (bicyclic) bond motifs is 1. The van der Waals surface area contributed by atoms with E-state index in [2.05, 4.69) is 20.6 Å². The number of carbonyl (C=O) groups excluding carboxylic acids is 2. The number of guanidine groups is 2. The number of nitrogens with one attached hydrogen (secondary N) is 2. The summed E-state index contributed by atoms with van der Waals surface area (Å²) in [6.45, 7) is 1.09. The van der Waals surface area contributed by atoms with E-state index in [-0.39, 0.29) is 29.5 Å². The highest BCUT2D eigenvalue weighted by Crippen LogP contribution is 2.51. The minimum absolute atomic E-state index is 0.00278. The quantitative estimate of drug-likeness (QED) is 0.0358.